The second-order valence-corrected chi connectivity index (χ2v) is 8.94. The monoisotopic (exact) mass is 552 g/mol. The molecule has 0 aliphatic heterocycles. The van der Waals surface area contributed by atoms with Crippen molar-refractivity contribution in [3.05, 3.63) is 131 Å². The molecular weight excluding hydrogens is 529 g/mol. The van der Waals surface area contributed by atoms with Crippen LogP contribution in [0.3, 0.4) is 0 Å². The van der Waals surface area contributed by atoms with Crippen molar-refractivity contribution in [2.45, 2.75) is 18.3 Å². The Balaban J connectivity index is 1.60. The largest absolute Gasteiger partial charge is 0.416 e. The number of urea groups is 2. The van der Waals surface area contributed by atoms with Gasteiger partial charge in [-0.25, -0.2) is 9.59 Å². The van der Waals surface area contributed by atoms with Crippen LogP contribution in [0.25, 0.3) is 0 Å². The van der Waals surface area contributed by atoms with Gasteiger partial charge in [-0.1, -0.05) is 84.4 Å². The average molecular weight is 553 g/mol. The normalized spacial score (nSPS) is 12.6. The minimum atomic E-state index is -4.49. The molecule has 0 aromatic heterocycles. The van der Waals surface area contributed by atoms with Crippen molar-refractivity contribution in [3.63, 3.8) is 0 Å². The van der Waals surface area contributed by atoms with Crippen molar-refractivity contribution in [2.24, 2.45) is 0 Å². The maximum atomic E-state index is 13.1. The molecule has 2 atom stereocenters. The van der Waals surface area contributed by atoms with E-state index in [9.17, 15) is 22.8 Å². The number of alkyl halides is 3. The number of carbonyl (C=O) groups is 2. The van der Waals surface area contributed by atoms with Crippen molar-refractivity contribution in [1.82, 2.24) is 10.6 Å². The third-order valence-corrected chi connectivity index (χ3v) is 6.15. The number of halogens is 4. The zero-order chi connectivity index (χ0) is 27.8. The van der Waals surface area contributed by atoms with E-state index in [1.807, 2.05) is 24.3 Å². The van der Waals surface area contributed by atoms with Crippen LogP contribution in [-0.2, 0) is 6.18 Å². The lowest BCUT2D eigenvalue weighted by Crippen LogP contribution is -2.43. The van der Waals surface area contributed by atoms with Crippen LogP contribution in [0.15, 0.2) is 109 Å². The lowest BCUT2D eigenvalue weighted by Gasteiger charge is -2.30. The van der Waals surface area contributed by atoms with Gasteiger partial charge in [0.2, 0.25) is 0 Å². The first-order chi connectivity index (χ1) is 18.7. The molecule has 0 spiro atoms. The summed E-state index contributed by atoms with van der Waals surface area (Å²) in [4.78, 5) is 26.1. The van der Waals surface area contributed by atoms with Gasteiger partial charge in [-0.15, -0.1) is 0 Å². The molecule has 0 saturated heterocycles. The van der Waals surface area contributed by atoms with Gasteiger partial charge in [0.05, 0.1) is 28.4 Å². The van der Waals surface area contributed by atoms with E-state index >= 15 is 0 Å². The predicted octanol–water partition coefficient (Wildman–Crippen LogP) is 7.78. The van der Waals surface area contributed by atoms with E-state index in [2.05, 4.69) is 21.3 Å². The third-order valence-electron chi connectivity index (χ3n) is 5.82. The molecule has 0 radical (unpaired) electrons. The highest BCUT2D eigenvalue weighted by Gasteiger charge is 2.31. The molecule has 4 aromatic rings. The second-order valence-electron chi connectivity index (χ2n) is 8.53. The van der Waals surface area contributed by atoms with Gasteiger partial charge in [-0.3, -0.25) is 0 Å². The van der Waals surface area contributed by atoms with Gasteiger partial charge >= 0.3 is 18.2 Å². The van der Waals surface area contributed by atoms with Gasteiger partial charge in [0.1, 0.15) is 0 Å². The zero-order valence-corrected chi connectivity index (χ0v) is 21.1. The smallest absolute Gasteiger partial charge is 0.329 e. The van der Waals surface area contributed by atoms with Crippen LogP contribution in [0.5, 0.6) is 0 Å². The summed E-state index contributed by atoms with van der Waals surface area (Å²) in [7, 11) is 0. The summed E-state index contributed by atoms with van der Waals surface area (Å²) >= 11 is 6.19. The fourth-order valence-electron chi connectivity index (χ4n) is 3.95. The first-order valence-corrected chi connectivity index (χ1v) is 12.3. The number of hydrogen-bond acceptors (Lipinski definition) is 2. The Labute approximate surface area is 228 Å². The standard InChI is InChI=1S/C29H24ClF3N4O2/c30-23-13-7-8-14-24(23)35-28(39)37-26(20-11-5-2-6-12-20)25(19-9-3-1-4-10-19)36-27(38)34-22-17-15-21(16-18-22)29(31,32)33/h1-18,25-26H,(H2,34,36,38)(H2,35,37,39)/t25-,26-/m0/s1. The number of benzene rings is 4. The Morgan fingerprint density at radius 2 is 1.08 bits per heavy atom. The lowest BCUT2D eigenvalue weighted by atomic mass is 9.93. The molecule has 0 heterocycles. The molecule has 39 heavy (non-hydrogen) atoms. The molecule has 4 rings (SSSR count). The number of para-hydroxylation sites is 1. The van der Waals surface area contributed by atoms with E-state index in [0.717, 1.165) is 12.1 Å². The van der Waals surface area contributed by atoms with Gasteiger partial charge in [0, 0.05) is 5.69 Å². The van der Waals surface area contributed by atoms with Gasteiger partial charge in [-0.2, -0.15) is 13.2 Å². The molecular formula is C29H24ClF3N4O2. The summed E-state index contributed by atoms with van der Waals surface area (Å²) in [6.45, 7) is 0. The van der Waals surface area contributed by atoms with Crippen LogP contribution in [-0.4, -0.2) is 12.1 Å². The molecule has 0 saturated carbocycles. The van der Waals surface area contributed by atoms with Crippen LogP contribution >= 0.6 is 11.6 Å². The minimum absolute atomic E-state index is 0.174. The van der Waals surface area contributed by atoms with Crippen LogP contribution in [0.4, 0.5) is 34.1 Å². The maximum Gasteiger partial charge on any atom is 0.416 e. The first-order valence-electron chi connectivity index (χ1n) is 11.9. The number of nitrogens with one attached hydrogen (secondary N) is 4. The van der Waals surface area contributed by atoms with Crippen molar-refractivity contribution >= 4 is 35.0 Å². The number of hydrogen-bond donors (Lipinski definition) is 4. The van der Waals surface area contributed by atoms with Crippen molar-refractivity contribution in [1.29, 1.82) is 0 Å². The fraction of sp³-hybridized carbons (Fsp3) is 0.103. The van der Waals surface area contributed by atoms with Gasteiger partial charge in [-0.05, 0) is 47.5 Å². The Morgan fingerprint density at radius 1 is 0.615 bits per heavy atom. The Hall–Kier alpha value is -4.50. The van der Waals surface area contributed by atoms with E-state index in [1.54, 1.807) is 60.7 Å². The summed E-state index contributed by atoms with van der Waals surface area (Å²) in [6.07, 6.45) is -4.49. The van der Waals surface area contributed by atoms with Gasteiger partial charge < -0.3 is 21.3 Å². The van der Waals surface area contributed by atoms with Crippen molar-refractivity contribution in [2.75, 3.05) is 10.6 Å². The average Bonchev–Trinajstić information content (AvgIpc) is 2.93. The molecule has 4 aromatic carbocycles. The molecule has 0 bridgehead atoms. The highest BCUT2D eigenvalue weighted by Crippen LogP contribution is 2.31. The molecule has 200 valence electrons. The third kappa shape index (κ3) is 7.52. The maximum absolute atomic E-state index is 13.1. The van der Waals surface area contributed by atoms with Crippen LogP contribution in [0.2, 0.25) is 5.02 Å². The molecule has 0 aliphatic carbocycles. The summed E-state index contributed by atoms with van der Waals surface area (Å²) in [6, 6.07) is 26.2. The second kappa shape index (κ2) is 12.4. The Kier molecular flexibility index (Phi) is 8.73. The highest BCUT2D eigenvalue weighted by molar-refractivity contribution is 6.33. The molecule has 0 unspecified atom stereocenters. The van der Waals surface area contributed by atoms with E-state index in [4.69, 9.17) is 11.6 Å². The number of rotatable bonds is 7. The van der Waals surface area contributed by atoms with E-state index in [0.29, 0.717) is 21.8 Å². The number of anilines is 2. The predicted molar refractivity (Wildman–Crippen MR) is 146 cm³/mol. The highest BCUT2D eigenvalue weighted by atomic mass is 35.5. The Morgan fingerprint density at radius 3 is 1.56 bits per heavy atom. The van der Waals surface area contributed by atoms with Gasteiger partial charge in [0.15, 0.2) is 0 Å². The van der Waals surface area contributed by atoms with Crippen LogP contribution < -0.4 is 21.3 Å². The van der Waals surface area contributed by atoms with Crippen molar-refractivity contribution in [3.8, 4) is 0 Å². The molecule has 0 aliphatic rings. The van der Waals surface area contributed by atoms with Gasteiger partial charge in [0.25, 0.3) is 0 Å². The number of carbonyl (C=O) groups excluding carboxylic acids is 2. The summed E-state index contributed by atoms with van der Waals surface area (Å²) in [5.74, 6) is 0. The fourth-order valence-corrected chi connectivity index (χ4v) is 4.14. The van der Waals surface area contributed by atoms with E-state index in [1.165, 1.54) is 12.1 Å². The topological polar surface area (TPSA) is 82.3 Å². The molecule has 4 N–H and O–H groups in total. The van der Waals surface area contributed by atoms with E-state index in [-0.39, 0.29) is 5.69 Å². The lowest BCUT2D eigenvalue weighted by molar-refractivity contribution is -0.137. The molecule has 6 nitrogen and oxygen atoms in total. The van der Waals surface area contributed by atoms with Crippen LogP contribution in [0, 0.1) is 0 Å². The van der Waals surface area contributed by atoms with Crippen LogP contribution in [0.1, 0.15) is 28.8 Å². The number of amides is 4. The summed E-state index contributed by atoms with van der Waals surface area (Å²) in [5, 5.41) is 11.4. The summed E-state index contributed by atoms with van der Waals surface area (Å²) < 4.78 is 38.7. The van der Waals surface area contributed by atoms with E-state index < -0.39 is 35.9 Å². The molecule has 0 fully saturated rings. The summed E-state index contributed by atoms with van der Waals surface area (Å²) in [5.41, 5.74) is 1.15. The first kappa shape index (κ1) is 27.5. The molecule has 10 heteroatoms. The quantitative estimate of drug-likeness (QED) is 0.189. The molecule has 4 amide bonds. The van der Waals surface area contributed by atoms with Crippen molar-refractivity contribution < 1.29 is 22.8 Å². The zero-order valence-electron chi connectivity index (χ0n) is 20.4. The Bertz CT molecular complexity index is 1400. The minimum Gasteiger partial charge on any atom is -0.329 e. The SMILES string of the molecule is O=C(Nc1ccc(C(F)(F)F)cc1)N[C@@H](c1ccccc1)[C@@H](NC(=O)Nc1ccccc1Cl)c1ccccc1.